The van der Waals surface area contributed by atoms with Gasteiger partial charge in [0.25, 0.3) is 0 Å². The van der Waals surface area contributed by atoms with Gasteiger partial charge < -0.3 is 20.1 Å². The molecule has 3 aromatic rings. The highest BCUT2D eigenvalue weighted by Crippen LogP contribution is 2.32. The normalized spacial score (nSPS) is 14.9. The van der Waals surface area contributed by atoms with Gasteiger partial charge in [-0.1, -0.05) is 43.3 Å². The highest BCUT2D eigenvalue weighted by molar-refractivity contribution is 7.10. The molecule has 1 aromatic heterocycles. The average Bonchev–Trinajstić information content (AvgIpc) is 3.35. The number of amides is 1. The lowest BCUT2D eigenvalue weighted by molar-refractivity contribution is -0.138. The Balaban J connectivity index is 1.77. The van der Waals surface area contributed by atoms with E-state index in [9.17, 15) is 9.90 Å². The minimum Gasteiger partial charge on any atom is -0.497 e. The van der Waals surface area contributed by atoms with Crippen LogP contribution in [0.2, 0.25) is 0 Å². The summed E-state index contributed by atoms with van der Waals surface area (Å²) in [5.41, 5.74) is 1.72. The van der Waals surface area contributed by atoms with Crippen LogP contribution in [0.3, 0.4) is 0 Å². The number of aliphatic hydroxyl groups excluding tert-OH is 1. The number of nitrogens with zero attached hydrogens (tertiary/aromatic N) is 1. The van der Waals surface area contributed by atoms with Crippen molar-refractivity contribution < 1.29 is 14.6 Å². The Morgan fingerprint density at radius 3 is 2.29 bits per heavy atom. The van der Waals surface area contributed by atoms with Gasteiger partial charge in [-0.2, -0.15) is 0 Å². The van der Waals surface area contributed by atoms with E-state index in [1.54, 1.807) is 30.4 Å². The van der Waals surface area contributed by atoms with Gasteiger partial charge in [0.15, 0.2) is 0 Å². The SMILES string of the molecule is COc1ccc(N[C@H](c2cccs2)[C@@H](C)C(=O)N(C)[C@@H](C)[C@@H](O)c2ccccc2)cc1. The molecule has 0 radical (unpaired) electrons. The first kappa shape index (κ1) is 22.8. The van der Waals surface area contributed by atoms with Crippen LogP contribution in [0.25, 0.3) is 0 Å². The number of likely N-dealkylation sites (N-methyl/N-ethyl adjacent to an activating group) is 1. The summed E-state index contributed by atoms with van der Waals surface area (Å²) >= 11 is 1.62. The second-order valence-corrected chi connectivity index (χ2v) is 8.68. The fourth-order valence-electron chi connectivity index (χ4n) is 3.58. The Bertz CT molecular complexity index is 945. The van der Waals surface area contributed by atoms with Gasteiger partial charge in [-0.15, -0.1) is 11.3 Å². The van der Waals surface area contributed by atoms with Gasteiger partial charge in [0.2, 0.25) is 5.91 Å². The van der Waals surface area contributed by atoms with Crippen LogP contribution in [-0.4, -0.2) is 36.1 Å². The Morgan fingerprint density at radius 2 is 1.71 bits per heavy atom. The number of methoxy groups -OCH3 is 1. The molecule has 0 bridgehead atoms. The highest BCUT2D eigenvalue weighted by atomic mass is 32.1. The van der Waals surface area contributed by atoms with Crippen molar-refractivity contribution in [2.75, 3.05) is 19.5 Å². The maximum atomic E-state index is 13.4. The zero-order chi connectivity index (χ0) is 22.4. The Labute approximate surface area is 188 Å². The molecule has 0 spiro atoms. The third-order valence-electron chi connectivity index (χ3n) is 5.71. The molecule has 164 valence electrons. The third kappa shape index (κ3) is 5.46. The van der Waals surface area contributed by atoms with Gasteiger partial charge in [-0.05, 0) is 48.2 Å². The van der Waals surface area contributed by atoms with Crippen molar-refractivity contribution >= 4 is 22.9 Å². The molecule has 31 heavy (non-hydrogen) atoms. The molecular weight excluding hydrogens is 408 g/mol. The second-order valence-electron chi connectivity index (χ2n) is 7.70. The standard InChI is InChI=1S/C25H30N2O3S/c1-17(25(29)27(3)18(2)24(28)19-9-6-5-7-10-19)23(22-11-8-16-31-22)26-20-12-14-21(30-4)15-13-20/h5-18,23-24,26,28H,1-4H3/t17-,18+,23+,24-/m1/s1. The molecule has 0 saturated heterocycles. The number of hydrogen-bond donors (Lipinski definition) is 2. The van der Waals surface area contributed by atoms with Crippen molar-refractivity contribution in [2.24, 2.45) is 5.92 Å². The van der Waals surface area contributed by atoms with Crippen molar-refractivity contribution in [3.8, 4) is 5.75 Å². The monoisotopic (exact) mass is 438 g/mol. The number of anilines is 1. The Morgan fingerprint density at radius 1 is 1.03 bits per heavy atom. The lowest BCUT2D eigenvalue weighted by Crippen LogP contribution is -2.43. The number of nitrogens with one attached hydrogen (secondary N) is 1. The lowest BCUT2D eigenvalue weighted by atomic mass is 9.96. The van der Waals surface area contributed by atoms with Gasteiger partial charge in [-0.3, -0.25) is 4.79 Å². The predicted molar refractivity (Wildman–Crippen MR) is 126 cm³/mol. The van der Waals surface area contributed by atoms with Crippen molar-refractivity contribution in [3.05, 3.63) is 82.6 Å². The van der Waals surface area contributed by atoms with Gasteiger partial charge in [0.1, 0.15) is 5.75 Å². The van der Waals surface area contributed by atoms with Crippen LogP contribution < -0.4 is 10.1 Å². The molecule has 2 aromatic carbocycles. The van der Waals surface area contributed by atoms with Crippen molar-refractivity contribution in [2.45, 2.75) is 32.0 Å². The number of thiophene rings is 1. The maximum Gasteiger partial charge on any atom is 0.227 e. The summed E-state index contributed by atoms with van der Waals surface area (Å²) in [5, 5.41) is 16.3. The fourth-order valence-corrected chi connectivity index (χ4v) is 4.46. The molecule has 0 saturated carbocycles. The molecule has 4 atom stereocenters. The van der Waals surface area contributed by atoms with E-state index in [1.165, 1.54) is 0 Å². The molecular formula is C25H30N2O3S. The summed E-state index contributed by atoms with van der Waals surface area (Å²) in [4.78, 5) is 16.1. The van der Waals surface area contributed by atoms with E-state index in [4.69, 9.17) is 4.74 Å². The molecule has 0 aliphatic carbocycles. The van der Waals surface area contributed by atoms with E-state index in [1.807, 2.05) is 86.0 Å². The van der Waals surface area contributed by atoms with Crippen LogP contribution in [0.1, 0.15) is 36.4 Å². The quantitative estimate of drug-likeness (QED) is 0.486. The Kier molecular flexibility index (Phi) is 7.71. The molecule has 0 fully saturated rings. The van der Waals surface area contributed by atoms with E-state index in [0.29, 0.717) is 0 Å². The van der Waals surface area contributed by atoms with Crippen LogP contribution in [0.5, 0.6) is 5.75 Å². The minimum atomic E-state index is -0.753. The number of rotatable bonds is 9. The largest absolute Gasteiger partial charge is 0.497 e. The predicted octanol–water partition coefficient (Wildman–Crippen LogP) is 5.13. The molecule has 5 nitrogen and oxygen atoms in total. The summed E-state index contributed by atoms with van der Waals surface area (Å²) in [7, 11) is 3.40. The number of ether oxygens (including phenoxy) is 1. The van der Waals surface area contributed by atoms with E-state index < -0.39 is 6.10 Å². The van der Waals surface area contributed by atoms with E-state index in [-0.39, 0.29) is 23.9 Å². The van der Waals surface area contributed by atoms with Crippen molar-refractivity contribution in [3.63, 3.8) is 0 Å². The molecule has 0 unspecified atom stereocenters. The fraction of sp³-hybridized carbons (Fsp3) is 0.320. The van der Waals surface area contributed by atoms with Crippen molar-refractivity contribution in [1.29, 1.82) is 0 Å². The van der Waals surface area contributed by atoms with Gasteiger partial charge in [-0.25, -0.2) is 0 Å². The van der Waals surface area contributed by atoms with Crippen molar-refractivity contribution in [1.82, 2.24) is 4.90 Å². The average molecular weight is 439 g/mol. The zero-order valence-corrected chi connectivity index (χ0v) is 19.2. The van der Waals surface area contributed by atoms with E-state index >= 15 is 0 Å². The number of benzene rings is 2. The zero-order valence-electron chi connectivity index (χ0n) is 18.4. The summed E-state index contributed by atoms with van der Waals surface area (Å²) in [6.07, 6.45) is -0.753. The van der Waals surface area contributed by atoms with Gasteiger partial charge in [0.05, 0.1) is 31.2 Å². The van der Waals surface area contributed by atoms with Crippen LogP contribution in [0.15, 0.2) is 72.1 Å². The molecule has 0 aliphatic rings. The first-order chi connectivity index (χ1) is 14.9. The summed E-state index contributed by atoms with van der Waals surface area (Å²) < 4.78 is 5.24. The number of hydrogen-bond acceptors (Lipinski definition) is 5. The van der Waals surface area contributed by atoms with Crippen LogP contribution in [-0.2, 0) is 4.79 Å². The van der Waals surface area contributed by atoms with Crippen LogP contribution in [0, 0.1) is 5.92 Å². The smallest absolute Gasteiger partial charge is 0.227 e. The summed E-state index contributed by atoms with van der Waals surface area (Å²) in [6, 6.07) is 20.6. The van der Waals surface area contributed by atoms with E-state index in [2.05, 4.69) is 5.32 Å². The first-order valence-electron chi connectivity index (χ1n) is 10.4. The first-order valence-corrected chi connectivity index (χ1v) is 11.2. The van der Waals surface area contributed by atoms with Crippen LogP contribution in [0.4, 0.5) is 5.69 Å². The second kappa shape index (κ2) is 10.5. The van der Waals surface area contributed by atoms with E-state index in [0.717, 1.165) is 21.9 Å². The maximum absolute atomic E-state index is 13.4. The third-order valence-corrected chi connectivity index (χ3v) is 6.66. The number of carbonyl (C=O) groups is 1. The molecule has 3 rings (SSSR count). The highest BCUT2D eigenvalue weighted by Gasteiger charge is 2.32. The lowest BCUT2D eigenvalue weighted by Gasteiger charge is -2.34. The number of aliphatic hydroxyl groups is 1. The number of carbonyl (C=O) groups excluding carboxylic acids is 1. The van der Waals surface area contributed by atoms with Gasteiger partial charge in [0, 0.05) is 17.6 Å². The molecule has 1 heterocycles. The van der Waals surface area contributed by atoms with Crippen LogP contribution >= 0.6 is 11.3 Å². The molecule has 6 heteroatoms. The summed E-state index contributed by atoms with van der Waals surface area (Å²) in [6.45, 7) is 3.81. The molecule has 2 N–H and O–H groups in total. The molecule has 0 aliphatic heterocycles. The topological polar surface area (TPSA) is 61.8 Å². The van der Waals surface area contributed by atoms with Gasteiger partial charge >= 0.3 is 0 Å². The summed E-state index contributed by atoms with van der Waals surface area (Å²) in [5.74, 6) is 0.420. The Hall–Kier alpha value is -2.83. The molecule has 1 amide bonds. The minimum absolute atomic E-state index is 0.0260.